The average Bonchev–Trinajstić information content (AvgIpc) is 3.17. The predicted octanol–water partition coefficient (Wildman–Crippen LogP) is 11.0. The van der Waals surface area contributed by atoms with E-state index in [4.69, 9.17) is 0 Å². The second kappa shape index (κ2) is 16.3. The van der Waals surface area contributed by atoms with E-state index in [1.807, 2.05) is 48.5 Å². The Morgan fingerprint density at radius 2 is 0.830 bits per heavy atom. The van der Waals surface area contributed by atoms with Crippen molar-refractivity contribution in [3.8, 4) is 0 Å². The van der Waals surface area contributed by atoms with E-state index >= 15 is 0 Å². The highest BCUT2D eigenvalue weighted by Gasteiger charge is 2.39. The smallest absolute Gasteiger partial charge is 0.261 e. The molecule has 2 aliphatic heterocycles. The Morgan fingerprint density at radius 1 is 0.453 bits per heavy atom. The van der Waals surface area contributed by atoms with E-state index in [1.165, 1.54) is 56.3 Å². The summed E-state index contributed by atoms with van der Waals surface area (Å²) in [4.78, 5) is 59.5. The lowest BCUT2D eigenvalue weighted by atomic mass is 9.82. The summed E-state index contributed by atoms with van der Waals surface area (Å²) < 4.78 is 0. The molecule has 0 bridgehead atoms. The molecule has 0 aromatic heterocycles. The second-order valence-corrected chi connectivity index (χ2v) is 15.4. The van der Waals surface area contributed by atoms with Crippen LogP contribution >= 0.6 is 0 Å². The number of benzene rings is 5. The maximum atomic E-state index is 14.5. The molecule has 2 heterocycles. The zero-order chi connectivity index (χ0) is 37.1. The predicted molar refractivity (Wildman–Crippen MR) is 214 cm³/mol. The number of aliphatic hydroxyl groups excluding tert-OH is 1. The van der Waals surface area contributed by atoms with Gasteiger partial charge in [-0.1, -0.05) is 115 Å². The molecule has 7 heteroatoms. The second-order valence-electron chi connectivity index (χ2n) is 15.4. The van der Waals surface area contributed by atoms with Gasteiger partial charge in [0, 0.05) is 52.2 Å². The van der Waals surface area contributed by atoms with Crippen molar-refractivity contribution in [2.24, 2.45) is 0 Å². The van der Waals surface area contributed by atoms with Gasteiger partial charge < -0.3 is 5.11 Å². The lowest BCUT2D eigenvalue weighted by Crippen LogP contribution is -2.47. The van der Waals surface area contributed by atoms with Crippen molar-refractivity contribution in [2.45, 2.75) is 129 Å². The largest absolute Gasteiger partial charge is 0.396 e. The first-order valence-corrected chi connectivity index (χ1v) is 20.5. The number of hydrogen-bond acceptors (Lipinski definition) is 5. The molecule has 7 nitrogen and oxygen atoms in total. The van der Waals surface area contributed by atoms with Crippen molar-refractivity contribution in [3.05, 3.63) is 70.8 Å². The Bertz CT molecular complexity index is 2030. The van der Waals surface area contributed by atoms with Gasteiger partial charge in [0.2, 0.25) is 0 Å². The van der Waals surface area contributed by atoms with Crippen LogP contribution in [0.3, 0.4) is 0 Å². The normalized spacial score (nSPS) is 14.5. The third-order valence-corrected chi connectivity index (χ3v) is 11.9. The van der Waals surface area contributed by atoms with Crippen LogP contribution in [0.15, 0.2) is 48.5 Å². The maximum absolute atomic E-state index is 14.5. The Balaban J connectivity index is 1.26. The van der Waals surface area contributed by atoms with Crippen LogP contribution in [-0.2, 0) is 0 Å². The molecule has 0 atom stereocenters. The van der Waals surface area contributed by atoms with Gasteiger partial charge in [-0.3, -0.25) is 29.0 Å². The SMILES string of the molecule is CCCCCCCCC(CCCCCCCC)N1C(=O)c2ccc3c4ccc5c6c(ccc(c7ccc(c2c37)C1=O)c64)C(=O)N(CCCCCO)C5=O. The molecule has 0 spiro atoms. The molecule has 53 heavy (non-hydrogen) atoms. The highest BCUT2D eigenvalue weighted by Crippen LogP contribution is 2.46. The molecule has 7 rings (SSSR count). The minimum absolute atomic E-state index is 0.0897. The third-order valence-electron chi connectivity index (χ3n) is 11.9. The van der Waals surface area contributed by atoms with Crippen molar-refractivity contribution in [1.29, 1.82) is 0 Å². The van der Waals surface area contributed by atoms with Gasteiger partial charge in [0.05, 0.1) is 0 Å². The number of fused-ring (bicyclic) bond motifs is 2. The van der Waals surface area contributed by atoms with Crippen LogP contribution in [0.1, 0.15) is 164 Å². The van der Waals surface area contributed by atoms with E-state index in [9.17, 15) is 24.3 Å². The van der Waals surface area contributed by atoms with Crippen molar-refractivity contribution in [1.82, 2.24) is 9.80 Å². The molecule has 4 amide bonds. The summed E-state index contributed by atoms with van der Waals surface area (Å²) in [6.07, 6.45) is 17.7. The van der Waals surface area contributed by atoms with Crippen LogP contribution in [0.5, 0.6) is 0 Å². The first-order chi connectivity index (χ1) is 25.9. The molecule has 0 fully saturated rings. The zero-order valence-electron chi connectivity index (χ0n) is 31.6. The van der Waals surface area contributed by atoms with E-state index < -0.39 is 0 Å². The van der Waals surface area contributed by atoms with Crippen molar-refractivity contribution >= 4 is 66.7 Å². The number of hydrogen-bond donors (Lipinski definition) is 1. The number of nitrogens with zero attached hydrogens (tertiary/aromatic N) is 2. The number of aliphatic hydroxyl groups is 1. The van der Waals surface area contributed by atoms with Crippen LogP contribution in [0.4, 0.5) is 0 Å². The van der Waals surface area contributed by atoms with Crippen LogP contribution in [-0.4, -0.2) is 57.7 Å². The first-order valence-electron chi connectivity index (χ1n) is 20.5. The lowest BCUT2D eigenvalue weighted by molar-refractivity contribution is 0.0514. The molecular weight excluding hydrogens is 661 g/mol. The molecule has 0 aliphatic carbocycles. The summed E-state index contributed by atoms with van der Waals surface area (Å²) >= 11 is 0. The van der Waals surface area contributed by atoms with Crippen LogP contribution in [0.25, 0.3) is 43.1 Å². The summed E-state index contributed by atoms with van der Waals surface area (Å²) in [5, 5.41) is 15.9. The number of carbonyl (C=O) groups excluding carboxylic acids is 4. The maximum Gasteiger partial charge on any atom is 0.261 e. The number of imide groups is 2. The summed E-state index contributed by atoms with van der Waals surface area (Å²) in [6, 6.07) is 15.2. The summed E-state index contributed by atoms with van der Waals surface area (Å²) in [5.41, 5.74) is 2.18. The molecule has 5 aromatic carbocycles. The molecule has 1 N–H and O–H groups in total. The molecule has 278 valence electrons. The third kappa shape index (κ3) is 6.71. The van der Waals surface area contributed by atoms with E-state index in [2.05, 4.69) is 13.8 Å². The quantitative estimate of drug-likeness (QED) is 0.0375. The van der Waals surface area contributed by atoms with E-state index in [-0.39, 0.29) is 36.3 Å². The van der Waals surface area contributed by atoms with Crippen LogP contribution in [0, 0.1) is 0 Å². The highest BCUT2D eigenvalue weighted by atomic mass is 16.3. The molecule has 0 saturated heterocycles. The molecule has 0 radical (unpaired) electrons. The van der Waals surface area contributed by atoms with Crippen molar-refractivity contribution in [3.63, 3.8) is 0 Å². The molecule has 5 aromatic rings. The van der Waals surface area contributed by atoms with Crippen molar-refractivity contribution in [2.75, 3.05) is 13.2 Å². The average molecular weight is 715 g/mol. The Hall–Kier alpha value is -4.36. The number of amides is 4. The van der Waals surface area contributed by atoms with Gasteiger partial charge in [-0.15, -0.1) is 0 Å². The highest BCUT2D eigenvalue weighted by molar-refractivity contribution is 6.41. The van der Waals surface area contributed by atoms with Gasteiger partial charge >= 0.3 is 0 Å². The monoisotopic (exact) mass is 714 g/mol. The van der Waals surface area contributed by atoms with Gasteiger partial charge in [-0.05, 0) is 88.7 Å². The summed E-state index contributed by atoms with van der Waals surface area (Å²) in [5.74, 6) is -0.975. The fraction of sp³-hybridized carbons (Fsp3) is 0.478. The minimum atomic E-state index is -0.293. The topological polar surface area (TPSA) is 95.0 Å². The van der Waals surface area contributed by atoms with Gasteiger partial charge in [-0.2, -0.15) is 0 Å². The Kier molecular flexibility index (Phi) is 11.4. The fourth-order valence-corrected chi connectivity index (χ4v) is 9.15. The van der Waals surface area contributed by atoms with Crippen LogP contribution in [0.2, 0.25) is 0 Å². The lowest BCUT2D eigenvalue weighted by Gasteiger charge is -2.35. The van der Waals surface area contributed by atoms with E-state index in [0.29, 0.717) is 52.4 Å². The number of carbonyl (C=O) groups is 4. The summed E-state index contributed by atoms with van der Waals surface area (Å²) in [7, 11) is 0. The molecular formula is C46H54N2O5. The number of rotatable bonds is 20. The van der Waals surface area contributed by atoms with E-state index in [1.54, 1.807) is 4.90 Å². The van der Waals surface area contributed by atoms with Gasteiger partial charge in [0.1, 0.15) is 0 Å². The number of unbranched alkanes of at least 4 members (excludes halogenated alkanes) is 12. The standard InChI is InChI=1S/C46H54N2O5/c1-3-5-7-9-11-14-18-30(19-15-12-10-8-6-4-2)48-45(52)37-26-22-33-31-20-24-35-41-36(44(51)47(43(35)50)28-16-13-17-29-49)25-21-32(39(31)41)34-23-27-38(46(48)53)42(37)40(33)34/h20-27,30,49H,3-19,28-29H2,1-2H3. The molecule has 0 unspecified atom stereocenters. The van der Waals surface area contributed by atoms with Gasteiger partial charge in [0.25, 0.3) is 23.6 Å². The van der Waals surface area contributed by atoms with Gasteiger partial charge in [-0.25, -0.2) is 0 Å². The minimum Gasteiger partial charge on any atom is -0.396 e. The Labute approximate surface area is 313 Å². The van der Waals surface area contributed by atoms with Crippen molar-refractivity contribution < 1.29 is 24.3 Å². The fourth-order valence-electron chi connectivity index (χ4n) is 9.15. The first kappa shape index (κ1) is 37.0. The van der Waals surface area contributed by atoms with E-state index in [0.717, 1.165) is 77.3 Å². The van der Waals surface area contributed by atoms with Crippen LogP contribution < -0.4 is 0 Å². The molecule has 2 aliphatic rings. The zero-order valence-corrected chi connectivity index (χ0v) is 31.6. The summed E-state index contributed by atoms with van der Waals surface area (Å²) in [6.45, 7) is 4.86. The van der Waals surface area contributed by atoms with Gasteiger partial charge in [0.15, 0.2) is 0 Å². The molecule has 0 saturated carbocycles. The Morgan fingerprint density at radius 3 is 1.25 bits per heavy atom.